The Hall–Kier alpha value is -1.95. The van der Waals surface area contributed by atoms with Crippen molar-refractivity contribution in [3.05, 3.63) is 17.7 Å². The van der Waals surface area contributed by atoms with Gasteiger partial charge >= 0.3 is 5.97 Å². The van der Waals surface area contributed by atoms with Crippen LogP contribution in [0.25, 0.3) is 0 Å². The first-order valence-corrected chi connectivity index (χ1v) is 4.84. The fourth-order valence-electron chi connectivity index (χ4n) is 1.38. The highest BCUT2D eigenvalue weighted by atomic mass is 16.5. The molecule has 1 unspecified atom stereocenters. The smallest absolute Gasteiger partial charge is 0.332 e. The second kappa shape index (κ2) is 5.40. The summed E-state index contributed by atoms with van der Waals surface area (Å²) in [6.45, 7) is 0. The highest BCUT2D eigenvalue weighted by molar-refractivity contribution is 5.72. The highest BCUT2D eigenvalue weighted by Gasteiger charge is 2.17. The summed E-state index contributed by atoms with van der Waals surface area (Å²) >= 11 is 0. The number of hydrogen-bond acceptors (Lipinski definition) is 5. The third-order valence-electron chi connectivity index (χ3n) is 2.25. The number of aliphatic hydroxyl groups is 1. The number of benzene rings is 1. The topological polar surface area (TPSA) is 96.2 Å². The molecule has 0 radical (unpaired) electrons. The van der Waals surface area contributed by atoms with Crippen molar-refractivity contribution in [1.82, 2.24) is 0 Å². The fourth-order valence-corrected chi connectivity index (χ4v) is 1.38. The van der Waals surface area contributed by atoms with Crippen LogP contribution in [0.5, 0.6) is 17.2 Å². The lowest BCUT2D eigenvalue weighted by Gasteiger charge is -2.12. The van der Waals surface area contributed by atoms with E-state index in [9.17, 15) is 15.0 Å². The number of phenols is 1. The van der Waals surface area contributed by atoms with E-state index in [-0.39, 0.29) is 23.7 Å². The molecule has 94 valence electrons. The third-order valence-corrected chi connectivity index (χ3v) is 2.25. The molecule has 17 heavy (non-hydrogen) atoms. The number of carboxylic acids is 1. The Kier molecular flexibility index (Phi) is 4.17. The number of aliphatic carboxylic acids is 1. The van der Waals surface area contributed by atoms with E-state index in [1.165, 1.54) is 26.4 Å². The lowest BCUT2D eigenvalue weighted by Crippen LogP contribution is -2.21. The van der Waals surface area contributed by atoms with E-state index in [1.807, 2.05) is 0 Å². The quantitative estimate of drug-likeness (QED) is 0.691. The van der Waals surface area contributed by atoms with Crippen molar-refractivity contribution < 1.29 is 29.6 Å². The second-order valence-corrected chi connectivity index (χ2v) is 3.41. The molecule has 0 spiro atoms. The molecule has 3 N–H and O–H groups in total. The van der Waals surface area contributed by atoms with E-state index in [0.29, 0.717) is 5.56 Å². The van der Waals surface area contributed by atoms with Gasteiger partial charge in [0.15, 0.2) is 17.6 Å². The minimum atomic E-state index is -1.51. The highest BCUT2D eigenvalue weighted by Crippen LogP contribution is 2.37. The molecule has 0 fully saturated rings. The summed E-state index contributed by atoms with van der Waals surface area (Å²) < 4.78 is 9.82. The Morgan fingerprint density at radius 1 is 1.29 bits per heavy atom. The van der Waals surface area contributed by atoms with Gasteiger partial charge in [-0.2, -0.15) is 0 Å². The molecule has 0 amide bonds. The Balaban J connectivity index is 3.05. The van der Waals surface area contributed by atoms with Gasteiger partial charge < -0.3 is 24.8 Å². The average molecular weight is 242 g/mol. The van der Waals surface area contributed by atoms with Crippen molar-refractivity contribution in [3.8, 4) is 17.2 Å². The molecule has 0 saturated heterocycles. The normalized spacial score (nSPS) is 11.9. The van der Waals surface area contributed by atoms with Crippen molar-refractivity contribution in [3.63, 3.8) is 0 Å². The maximum atomic E-state index is 10.5. The lowest BCUT2D eigenvalue weighted by molar-refractivity contribution is -0.146. The number of aliphatic hydroxyl groups excluding tert-OH is 1. The summed E-state index contributed by atoms with van der Waals surface area (Å²) in [6, 6.07) is 2.90. The summed E-state index contributed by atoms with van der Waals surface area (Å²) in [5, 5.41) is 27.4. The monoisotopic (exact) mass is 242 g/mol. The van der Waals surface area contributed by atoms with Gasteiger partial charge in [-0.3, -0.25) is 0 Å². The molecule has 1 atom stereocenters. The van der Waals surface area contributed by atoms with Gasteiger partial charge in [0, 0.05) is 6.42 Å². The molecule has 0 aliphatic carbocycles. The molecule has 1 aromatic rings. The number of carboxylic acid groups (broad SMARTS) is 1. The first-order chi connectivity index (χ1) is 7.99. The number of methoxy groups -OCH3 is 2. The Morgan fingerprint density at radius 3 is 2.12 bits per heavy atom. The van der Waals surface area contributed by atoms with Gasteiger partial charge in [0.2, 0.25) is 5.75 Å². The molecular formula is C11H14O6. The lowest BCUT2D eigenvalue weighted by atomic mass is 10.1. The molecule has 0 bridgehead atoms. The van der Waals surface area contributed by atoms with Crippen molar-refractivity contribution in [1.29, 1.82) is 0 Å². The van der Waals surface area contributed by atoms with E-state index in [1.54, 1.807) is 0 Å². The summed E-state index contributed by atoms with van der Waals surface area (Å²) in [7, 11) is 2.73. The van der Waals surface area contributed by atoms with Crippen LogP contribution in [-0.4, -0.2) is 41.6 Å². The van der Waals surface area contributed by atoms with Crippen LogP contribution < -0.4 is 9.47 Å². The second-order valence-electron chi connectivity index (χ2n) is 3.41. The molecule has 0 saturated carbocycles. The number of aromatic hydroxyl groups is 1. The van der Waals surface area contributed by atoms with Crippen LogP contribution >= 0.6 is 0 Å². The molecule has 0 aromatic heterocycles. The minimum absolute atomic E-state index is 0.0949. The number of ether oxygens (including phenoxy) is 2. The molecule has 6 nitrogen and oxygen atoms in total. The van der Waals surface area contributed by atoms with Crippen LogP contribution in [0.2, 0.25) is 0 Å². The van der Waals surface area contributed by atoms with Crippen LogP contribution in [0.3, 0.4) is 0 Å². The van der Waals surface area contributed by atoms with Crippen molar-refractivity contribution in [2.24, 2.45) is 0 Å². The van der Waals surface area contributed by atoms with Gasteiger partial charge in [0.05, 0.1) is 14.2 Å². The predicted molar refractivity (Wildman–Crippen MR) is 58.6 cm³/mol. The number of hydrogen-bond donors (Lipinski definition) is 3. The number of rotatable bonds is 5. The van der Waals surface area contributed by atoms with Crippen molar-refractivity contribution >= 4 is 5.97 Å². The van der Waals surface area contributed by atoms with Gasteiger partial charge in [0.1, 0.15) is 0 Å². The van der Waals surface area contributed by atoms with Gasteiger partial charge in [-0.1, -0.05) is 0 Å². The summed E-state index contributed by atoms with van der Waals surface area (Å²) in [5.74, 6) is -1.14. The van der Waals surface area contributed by atoms with E-state index in [0.717, 1.165) is 0 Å². The maximum Gasteiger partial charge on any atom is 0.332 e. The molecular weight excluding hydrogens is 228 g/mol. The van der Waals surface area contributed by atoms with E-state index in [4.69, 9.17) is 14.6 Å². The third kappa shape index (κ3) is 3.01. The number of phenolic OH excluding ortho intramolecular Hbond substituents is 1. The molecule has 6 heteroatoms. The van der Waals surface area contributed by atoms with Crippen LogP contribution in [0.1, 0.15) is 5.56 Å². The molecule has 1 rings (SSSR count). The largest absolute Gasteiger partial charge is 0.502 e. The first-order valence-electron chi connectivity index (χ1n) is 4.84. The molecule has 1 aromatic carbocycles. The van der Waals surface area contributed by atoms with Gasteiger partial charge in [-0.05, 0) is 17.7 Å². The van der Waals surface area contributed by atoms with Crippen molar-refractivity contribution in [2.45, 2.75) is 12.5 Å². The zero-order valence-electron chi connectivity index (χ0n) is 9.51. The summed E-state index contributed by atoms with van der Waals surface area (Å²) in [4.78, 5) is 10.5. The van der Waals surface area contributed by atoms with Gasteiger partial charge in [-0.25, -0.2) is 4.79 Å². The Labute approximate surface area is 98.0 Å². The van der Waals surface area contributed by atoms with E-state index in [2.05, 4.69) is 0 Å². The zero-order valence-corrected chi connectivity index (χ0v) is 9.51. The van der Waals surface area contributed by atoms with Crippen LogP contribution in [0.4, 0.5) is 0 Å². The molecule has 0 heterocycles. The Bertz CT molecular complexity index is 389. The van der Waals surface area contributed by atoms with Crippen molar-refractivity contribution in [2.75, 3.05) is 14.2 Å². The van der Waals surface area contributed by atoms with E-state index >= 15 is 0 Å². The summed E-state index contributed by atoms with van der Waals surface area (Å²) in [6.07, 6.45) is -1.60. The SMILES string of the molecule is COc1cc(CC(O)C(=O)O)cc(OC)c1O. The van der Waals surface area contributed by atoms with Gasteiger partial charge in [0.25, 0.3) is 0 Å². The van der Waals surface area contributed by atoms with Crippen LogP contribution in [0.15, 0.2) is 12.1 Å². The van der Waals surface area contributed by atoms with Crippen LogP contribution in [0, 0.1) is 0 Å². The maximum absolute atomic E-state index is 10.5. The van der Waals surface area contributed by atoms with E-state index < -0.39 is 12.1 Å². The standard InChI is InChI=1S/C11H14O6/c1-16-8-4-6(3-7(12)11(14)15)5-9(17-2)10(8)13/h4-5,7,12-13H,3H2,1-2H3,(H,14,15). The number of carbonyl (C=O) groups is 1. The predicted octanol–water partition coefficient (Wildman–Crippen LogP) is 0.397. The minimum Gasteiger partial charge on any atom is -0.502 e. The van der Waals surface area contributed by atoms with Crippen LogP contribution in [-0.2, 0) is 11.2 Å². The molecule has 0 aliphatic heterocycles. The molecule has 0 aliphatic rings. The zero-order chi connectivity index (χ0) is 13.0. The average Bonchev–Trinajstić information content (AvgIpc) is 2.30. The summed E-state index contributed by atoms with van der Waals surface area (Å²) in [5.41, 5.74) is 0.492. The first kappa shape index (κ1) is 13.1. The van der Waals surface area contributed by atoms with Gasteiger partial charge in [-0.15, -0.1) is 0 Å². The fraction of sp³-hybridized carbons (Fsp3) is 0.364. The Morgan fingerprint density at radius 2 is 1.76 bits per heavy atom.